The third-order valence-electron chi connectivity index (χ3n) is 4.19. The van der Waals surface area contributed by atoms with Crippen LogP contribution in [0.25, 0.3) is 5.76 Å². The highest BCUT2D eigenvalue weighted by molar-refractivity contribution is 6.46. The second-order valence-corrected chi connectivity index (χ2v) is 6.26. The molecule has 2 aromatic carbocycles. The van der Waals surface area contributed by atoms with Crippen LogP contribution < -0.4 is 0 Å². The summed E-state index contributed by atoms with van der Waals surface area (Å²) in [6, 6.07) is 13.4. The van der Waals surface area contributed by atoms with Gasteiger partial charge < -0.3 is 10.0 Å². The first-order valence-electron chi connectivity index (χ1n) is 7.47. The minimum Gasteiger partial charge on any atom is -0.507 e. The van der Waals surface area contributed by atoms with Crippen molar-refractivity contribution >= 4 is 29.1 Å². The van der Waals surface area contributed by atoms with Gasteiger partial charge in [-0.15, -0.1) is 0 Å². The van der Waals surface area contributed by atoms with E-state index in [0.717, 1.165) is 11.1 Å². The molecule has 122 valence electrons. The molecule has 0 radical (unpaired) electrons. The van der Waals surface area contributed by atoms with Gasteiger partial charge in [0, 0.05) is 17.6 Å². The first kappa shape index (κ1) is 16.3. The molecule has 5 heteroatoms. The van der Waals surface area contributed by atoms with Crippen molar-refractivity contribution in [3.63, 3.8) is 0 Å². The molecular formula is C19H16ClNO3. The Morgan fingerprint density at radius 1 is 1.04 bits per heavy atom. The number of halogens is 1. The summed E-state index contributed by atoms with van der Waals surface area (Å²) in [5.74, 6) is -1.49. The van der Waals surface area contributed by atoms with Gasteiger partial charge in [-0.2, -0.15) is 0 Å². The first-order valence-corrected chi connectivity index (χ1v) is 7.85. The average Bonchev–Trinajstić information content (AvgIpc) is 2.80. The van der Waals surface area contributed by atoms with E-state index < -0.39 is 17.7 Å². The molecule has 24 heavy (non-hydrogen) atoms. The SMILES string of the molecule is Cc1ccc(/C(O)=C2\C(=O)C(=O)N(C)C2c2ccc(Cl)cc2)cc1. The summed E-state index contributed by atoms with van der Waals surface area (Å²) in [5.41, 5.74) is 2.35. The number of aliphatic hydroxyl groups is 1. The number of hydrogen-bond acceptors (Lipinski definition) is 3. The molecular weight excluding hydrogens is 326 g/mol. The molecule has 1 saturated heterocycles. The van der Waals surface area contributed by atoms with E-state index in [0.29, 0.717) is 10.6 Å². The lowest BCUT2D eigenvalue weighted by atomic mass is 9.95. The fourth-order valence-corrected chi connectivity index (χ4v) is 2.98. The lowest BCUT2D eigenvalue weighted by molar-refractivity contribution is -0.139. The molecule has 3 rings (SSSR count). The van der Waals surface area contributed by atoms with Crippen molar-refractivity contribution in [2.75, 3.05) is 7.05 Å². The molecule has 1 N–H and O–H groups in total. The van der Waals surface area contributed by atoms with Gasteiger partial charge in [-0.25, -0.2) is 0 Å². The fourth-order valence-electron chi connectivity index (χ4n) is 2.85. The lowest BCUT2D eigenvalue weighted by Gasteiger charge is -2.21. The van der Waals surface area contributed by atoms with Gasteiger partial charge in [-0.1, -0.05) is 53.6 Å². The topological polar surface area (TPSA) is 57.6 Å². The number of Topliss-reactive ketones (excluding diaryl/α,β-unsaturated/α-hetero) is 1. The maximum atomic E-state index is 12.4. The van der Waals surface area contributed by atoms with Crippen LogP contribution in [0.3, 0.4) is 0 Å². The lowest BCUT2D eigenvalue weighted by Crippen LogP contribution is -2.24. The molecule has 1 atom stereocenters. The molecule has 0 bridgehead atoms. The van der Waals surface area contributed by atoms with E-state index in [1.54, 1.807) is 43.4 Å². The van der Waals surface area contributed by atoms with Crippen molar-refractivity contribution in [1.29, 1.82) is 0 Å². The minimum absolute atomic E-state index is 0.0914. The van der Waals surface area contributed by atoms with Gasteiger partial charge in [0.2, 0.25) is 0 Å². The van der Waals surface area contributed by atoms with Crippen LogP contribution in [-0.2, 0) is 9.59 Å². The van der Waals surface area contributed by atoms with E-state index in [-0.39, 0.29) is 11.3 Å². The second-order valence-electron chi connectivity index (χ2n) is 5.83. The summed E-state index contributed by atoms with van der Waals surface area (Å²) >= 11 is 5.91. The van der Waals surface area contributed by atoms with Crippen LogP contribution in [0.1, 0.15) is 22.7 Å². The molecule has 1 aliphatic heterocycles. The number of carbonyl (C=O) groups excluding carboxylic acids is 2. The van der Waals surface area contributed by atoms with Crippen LogP contribution >= 0.6 is 11.6 Å². The Bertz CT molecular complexity index is 838. The van der Waals surface area contributed by atoms with Crippen molar-refractivity contribution in [2.45, 2.75) is 13.0 Å². The van der Waals surface area contributed by atoms with Crippen LogP contribution in [0.4, 0.5) is 0 Å². The maximum absolute atomic E-state index is 12.4. The Balaban J connectivity index is 2.16. The summed E-state index contributed by atoms with van der Waals surface area (Å²) in [4.78, 5) is 25.9. The molecule has 1 unspecified atom stereocenters. The van der Waals surface area contributed by atoms with Crippen LogP contribution in [-0.4, -0.2) is 28.7 Å². The number of aliphatic hydroxyl groups excluding tert-OH is 1. The molecule has 0 aliphatic carbocycles. The summed E-state index contributed by atoms with van der Waals surface area (Å²) < 4.78 is 0. The van der Waals surface area contributed by atoms with Crippen LogP contribution in [0, 0.1) is 6.92 Å². The first-order chi connectivity index (χ1) is 11.4. The molecule has 0 saturated carbocycles. The number of rotatable bonds is 2. The van der Waals surface area contributed by atoms with Gasteiger partial charge in [0.1, 0.15) is 5.76 Å². The van der Waals surface area contributed by atoms with E-state index >= 15 is 0 Å². The molecule has 1 aliphatic rings. The summed E-state index contributed by atoms with van der Waals surface area (Å²) in [5, 5.41) is 11.2. The van der Waals surface area contributed by atoms with E-state index in [1.165, 1.54) is 4.90 Å². The third kappa shape index (κ3) is 2.69. The number of amides is 1. The third-order valence-corrected chi connectivity index (χ3v) is 4.44. The normalized spacial score (nSPS) is 19.8. The number of nitrogens with zero attached hydrogens (tertiary/aromatic N) is 1. The predicted molar refractivity (Wildman–Crippen MR) is 92.7 cm³/mol. The van der Waals surface area contributed by atoms with E-state index in [1.807, 2.05) is 19.1 Å². The number of likely N-dealkylation sites (tertiary alicyclic amines) is 1. The molecule has 2 aromatic rings. The van der Waals surface area contributed by atoms with Gasteiger partial charge in [-0.05, 0) is 24.6 Å². The van der Waals surface area contributed by atoms with Crippen molar-refractivity contribution in [1.82, 2.24) is 4.90 Å². The van der Waals surface area contributed by atoms with Crippen LogP contribution in [0.15, 0.2) is 54.1 Å². The highest BCUT2D eigenvalue weighted by atomic mass is 35.5. The number of aryl methyl sites for hydroxylation is 1. The summed E-state index contributed by atoms with van der Waals surface area (Å²) in [6.45, 7) is 1.93. The van der Waals surface area contributed by atoms with Crippen molar-refractivity contribution in [3.8, 4) is 0 Å². The number of carbonyl (C=O) groups is 2. The minimum atomic E-state index is -0.685. The standard InChI is InChI=1S/C19H16ClNO3/c1-11-3-5-13(6-4-11)17(22)15-16(21(2)19(24)18(15)23)12-7-9-14(20)10-8-12/h3-10,16,22H,1-2H3/b17-15+. The maximum Gasteiger partial charge on any atom is 0.295 e. The zero-order valence-corrected chi connectivity index (χ0v) is 14.0. The Hall–Kier alpha value is -2.59. The highest BCUT2D eigenvalue weighted by Gasteiger charge is 2.44. The number of ketones is 1. The van der Waals surface area contributed by atoms with Crippen LogP contribution in [0.5, 0.6) is 0 Å². The molecule has 4 nitrogen and oxygen atoms in total. The molecule has 0 spiro atoms. The Labute approximate surface area is 145 Å². The molecule has 1 heterocycles. The predicted octanol–water partition coefficient (Wildman–Crippen LogP) is 3.70. The largest absolute Gasteiger partial charge is 0.507 e. The monoisotopic (exact) mass is 341 g/mol. The zero-order valence-electron chi connectivity index (χ0n) is 13.3. The Morgan fingerprint density at radius 3 is 2.21 bits per heavy atom. The zero-order chi connectivity index (χ0) is 17.4. The van der Waals surface area contributed by atoms with Crippen molar-refractivity contribution < 1.29 is 14.7 Å². The number of hydrogen-bond donors (Lipinski definition) is 1. The van der Waals surface area contributed by atoms with Gasteiger partial charge in [0.05, 0.1) is 11.6 Å². The molecule has 0 aromatic heterocycles. The number of likely N-dealkylation sites (N-methyl/N-ethyl adjacent to an activating group) is 1. The van der Waals surface area contributed by atoms with E-state index in [4.69, 9.17) is 11.6 Å². The van der Waals surface area contributed by atoms with Crippen molar-refractivity contribution in [2.24, 2.45) is 0 Å². The van der Waals surface area contributed by atoms with Crippen LogP contribution in [0.2, 0.25) is 5.02 Å². The fraction of sp³-hybridized carbons (Fsp3) is 0.158. The van der Waals surface area contributed by atoms with Crippen molar-refractivity contribution in [3.05, 3.63) is 75.8 Å². The second kappa shape index (κ2) is 6.13. The van der Waals surface area contributed by atoms with Gasteiger partial charge in [0.15, 0.2) is 0 Å². The average molecular weight is 342 g/mol. The van der Waals surface area contributed by atoms with E-state index in [9.17, 15) is 14.7 Å². The Morgan fingerprint density at radius 2 is 1.62 bits per heavy atom. The van der Waals surface area contributed by atoms with Gasteiger partial charge in [-0.3, -0.25) is 9.59 Å². The molecule has 1 fully saturated rings. The summed E-state index contributed by atoms with van der Waals surface area (Å²) in [7, 11) is 1.55. The van der Waals surface area contributed by atoms with E-state index in [2.05, 4.69) is 0 Å². The highest BCUT2D eigenvalue weighted by Crippen LogP contribution is 2.38. The number of benzene rings is 2. The van der Waals surface area contributed by atoms with Gasteiger partial charge in [0.25, 0.3) is 11.7 Å². The Kier molecular flexibility index (Phi) is 4.16. The van der Waals surface area contributed by atoms with Gasteiger partial charge >= 0.3 is 0 Å². The quantitative estimate of drug-likeness (QED) is 0.515. The molecule has 1 amide bonds. The smallest absolute Gasteiger partial charge is 0.295 e. The summed E-state index contributed by atoms with van der Waals surface area (Å²) in [6.07, 6.45) is 0.